The van der Waals surface area contributed by atoms with E-state index in [1.54, 1.807) is 0 Å². The van der Waals surface area contributed by atoms with Crippen LogP contribution in [-0.2, 0) is 27.9 Å². The molecule has 0 aliphatic rings. The van der Waals surface area contributed by atoms with E-state index in [1.807, 2.05) is 33.3 Å². The number of likely N-dealkylation sites (N-methyl/N-ethyl adjacent to an activating group) is 1. The maximum absolute atomic E-state index is 12.6. The lowest BCUT2D eigenvalue weighted by Gasteiger charge is -2.28. The van der Waals surface area contributed by atoms with Crippen LogP contribution in [0.15, 0.2) is 48.6 Å². The first-order chi connectivity index (χ1) is 29.6. The lowest BCUT2D eigenvalue weighted by molar-refractivity contribution is -0.870. The molecule has 0 radical (unpaired) electrons. The van der Waals surface area contributed by atoms with Gasteiger partial charge in [0.15, 0.2) is 0 Å². The first-order valence-electron chi connectivity index (χ1n) is 25.4. The lowest BCUT2D eigenvalue weighted by Crippen LogP contribution is -2.37. The van der Waals surface area contributed by atoms with Crippen molar-refractivity contribution < 1.29 is 37.3 Å². The van der Waals surface area contributed by atoms with Gasteiger partial charge in [0.05, 0.1) is 34.4 Å². The van der Waals surface area contributed by atoms with Crippen LogP contribution in [0, 0.1) is 0 Å². The highest BCUT2D eigenvalue weighted by Gasteiger charge is 2.20. The number of phosphoric ester groups is 1. The Hall–Kier alpha value is -1.54. The number of hydrogen-bond acceptors (Lipinski definition) is 7. The average molecular weight is 880 g/mol. The summed E-state index contributed by atoms with van der Waals surface area (Å²) in [5, 5.41) is 0. The second kappa shape index (κ2) is 45.0. The maximum Gasteiger partial charge on any atom is 0.306 e. The van der Waals surface area contributed by atoms with Crippen LogP contribution >= 0.6 is 7.82 Å². The third kappa shape index (κ3) is 49.3. The molecule has 61 heavy (non-hydrogen) atoms. The van der Waals surface area contributed by atoms with Crippen LogP contribution in [0.3, 0.4) is 0 Å². The normalized spacial score (nSPS) is 14.0. The molecule has 0 fully saturated rings. The summed E-state index contributed by atoms with van der Waals surface area (Å²) in [5.41, 5.74) is 0. The zero-order valence-electron chi connectivity index (χ0n) is 40.6. The van der Waals surface area contributed by atoms with Crippen LogP contribution in [0.1, 0.15) is 219 Å². The molecular weight excluding hydrogens is 782 g/mol. The fourth-order valence-electron chi connectivity index (χ4n) is 7.03. The van der Waals surface area contributed by atoms with Crippen molar-refractivity contribution in [3.05, 3.63) is 48.6 Å². The molecule has 0 aromatic rings. The quantitative estimate of drug-likeness (QED) is 0.0198. The molecule has 8 nitrogen and oxygen atoms in total. The summed E-state index contributed by atoms with van der Waals surface area (Å²) in [5.74, 6) is -0.411. The Kier molecular flexibility index (Phi) is 43.9. The van der Waals surface area contributed by atoms with Gasteiger partial charge in [0.2, 0.25) is 0 Å². The van der Waals surface area contributed by atoms with Gasteiger partial charge in [-0.1, -0.05) is 223 Å². The summed E-state index contributed by atoms with van der Waals surface area (Å²) >= 11 is 0. The van der Waals surface area contributed by atoms with E-state index in [2.05, 4.69) is 50.3 Å². The van der Waals surface area contributed by atoms with E-state index in [9.17, 15) is 14.3 Å². The Morgan fingerprint density at radius 1 is 0.525 bits per heavy atom. The van der Waals surface area contributed by atoms with Gasteiger partial charge in [0.1, 0.15) is 19.3 Å². The monoisotopic (exact) mass is 880 g/mol. The van der Waals surface area contributed by atoms with E-state index < -0.39 is 19.9 Å². The van der Waals surface area contributed by atoms with Crippen LogP contribution in [0.4, 0.5) is 0 Å². The van der Waals surface area contributed by atoms with Gasteiger partial charge in [0.25, 0.3) is 7.82 Å². The number of carbonyl (C=O) groups excluding carboxylic acids is 1. The van der Waals surface area contributed by atoms with Gasteiger partial charge in [-0.2, -0.15) is 0 Å². The van der Waals surface area contributed by atoms with Crippen molar-refractivity contribution in [1.29, 1.82) is 0 Å². The Bertz CT molecular complexity index is 1120. The van der Waals surface area contributed by atoms with Gasteiger partial charge >= 0.3 is 5.97 Å². The van der Waals surface area contributed by atoms with Gasteiger partial charge in [-0.3, -0.25) is 9.36 Å². The number of ether oxygens (including phenoxy) is 2. The molecule has 0 aromatic carbocycles. The van der Waals surface area contributed by atoms with E-state index in [4.69, 9.17) is 18.5 Å². The Balaban J connectivity index is 4.06. The number of hydrogen-bond donors (Lipinski definition) is 0. The van der Waals surface area contributed by atoms with Crippen LogP contribution in [-0.4, -0.2) is 70.7 Å². The van der Waals surface area contributed by atoms with Crippen LogP contribution < -0.4 is 4.89 Å². The number of nitrogens with zero attached hydrogens (tertiary/aromatic N) is 1. The number of rotatable bonds is 47. The highest BCUT2D eigenvalue weighted by Crippen LogP contribution is 2.38. The summed E-state index contributed by atoms with van der Waals surface area (Å²) in [6.45, 7) is 5.22. The number of allylic oxidation sites excluding steroid dienone is 8. The molecule has 0 spiro atoms. The fraction of sp³-hybridized carbons (Fsp3) is 0.827. The molecular formula is C52H98NO7P. The van der Waals surface area contributed by atoms with Crippen LogP contribution in [0.5, 0.6) is 0 Å². The van der Waals surface area contributed by atoms with Gasteiger partial charge in [-0.25, -0.2) is 0 Å². The summed E-state index contributed by atoms with van der Waals surface area (Å²) in [4.78, 5) is 25.0. The Morgan fingerprint density at radius 3 is 1.33 bits per heavy atom. The molecule has 358 valence electrons. The number of phosphoric acid groups is 1. The predicted octanol–water partition coefficient (Wildman–Crippen LogP) is 14.9. The zero-order chi connectivity index (χ0) is 44.8. The fourth-order valence-corrected chi connectivity index (χ4v) is 7.76. The van der Waals surface area contributed by atoms with Gasteiger partial charge in [0, 0.05) is 13.0 Å². The summed E-state index contributed by atoms with van der Waals surface area (Å²) < 4.78 is 34.6. The third-order valence-corrected chi connectivity index (χ3v) is 11.9. The van der Waals surface area contributed by atoms with Crippen molar-refractivity contribution in [3.63, 3.8) is 0 Å². The summed E-state index contributed by atoms with van der Waals surface area (Å²) in [6, 6.07) is 0. The minimum Gasteiger partial charge on any atom is -0.756 e. The first-order valence-corrected chi connectivity index (χ1v) is 26.8. The molecule has 0 saturated carbocycles. The molecule has 2 atom stereocenters. The van der Waals surface area contributed by atoms with E-state index in [0.29, 0.717) is 24.1 Å². The standard InChI is InChI=1S/C52H98NO7P/c1-6-8-10-12-14-16-18-20-21-22-23-24-25-26-27-28-29-30-31-32-34-36-38-40-42-44-47-57-49-51(50-59-61(55,56)58-48-46-53(3,4)5)60-52(54)45-43-41-39-37-35-33-19-17-15-13-11-9-7-2/h9,11,15,17,33,35,39,41,51H,6-8,10,12-14,16,18-32,34,36-38,40,42-50H2,1-5H3/b11-9-,17-15-,35-33-,41-39-. The Labute approximate surface area is 378 Å². The van der Waals surface area contributed by atoms with Crippen LogP contribution in [0.25, 0.3) is 0 Å². The molecule has 0 rings (SSSR count). The van der Waals surface area contributed by atoms with E-state index >= 15 is 0 Å². The molecule has 2 unspecified atom stereocenters. The molecule has 0 bridgehead atoms. The molecule has 0 aliphatic heterocycles. The lowest BCUT2D eigenvalue weighted by atomic mass is 10.0. The summed E-state index contributed by atoms with van der Waals surface area (Å²) in [7, 11) is 1.32. The van der Waals surface area contributed by atoms with Crippen molar-refractivity contribution in [1.82, 2.24) is 0 Å². The van der Waals surface area contributed by atoms with Gasteiger partial charge in [-0.15, -0.1) is 0 Å². The van der Waals surface area contributed by atoms with Crippen molar-refractivity contribution in [2.24, 2.45) is 0 Å². The number of esters is 1. The van der Waals surface area contributed by atoms with Crippen molar-refractivity contribution in [2.45, 2.75) is 225 Å². The highest BCUT2D eigenvalue weighted by atomic mass is 31.2. The van der Waals surface area contributed by atoms with Crippen molar-refractivity contribution in [2.75, 3.05) is 54.1 Å². The van der Waals surface area contributed by atoms with Crippen molar-refractivity contribution in [3.8, 4) is 0 Å². The Morgan fingerprint density at radius 2 is 0.918 bits per heavy atom. The maximum atomic E-state index is 12.6. The number of unbranched alkanes of at least 4 members (excludes halogenated alkanes) is 25. The number of carbonyl (C=O) groups is 1. The molecule has 0 aliphatic carbocycles. The number of quaternary nitrogens is 1. The minimum absolute atomic E-state index is 0.0136. The SMILES string of the molecule is CC/C=C\C/C=C\C/C=C\C/C=C\CCC(=O)OC(COCCCCCCCCCCCCCCCCCCCCCCCCCCCC)COP(=O)([O-])OCC[N+](C)(C)C. The second-order valence-corrected chi connectivity index (χ2v) is 19.6. The van der Waals surface area contributed by atoms with Crippen LogP contribution in [0.2, 0.25) is 0 Å². The van der Waals surface area contributed by atoms with E-state index in [1.165, 1.54) is 154 Å². The predicted molar refractivity (Wildman–Crippen MR) is 259 cm³/mol. The van der Waals surface area contributed by atoms with Gasteiger partial charge in [-0.05, 0) is 38.5 Å². The molecule has 0 amide bonds. The molecule has 9 heteroatoms. The zero-order valence-corrected chi connectivity index (χ0v) is 41.5. The summed E-state index contributed by atoms with van der Waals surface area (Å²) in [6.07, 6.45) is 56.1. The smallest absolute Gasteiger partial charge is 0.306 e. The molecule has 0 saturated heterocycles. The van der Waals surface area contributed by atoms with E-state index in [0.717, 1.165) is 38.5 Å². The van der Waals surface area contributed by atoms with Gasteiger partial charge < -0.3 is 27.9 Å². The molecule has 0 heterocycles. The largest absolute Gasteiger partial charge is 0.756 e. The highest BCUT2D eigenvalue weighted by molar-refractivity contribution is 7.45. The first kappa shape index (κ1) is 59.5. The topological polar surface area (TPSA) is 94.1 Å². The average Bonchev–Trinajstić information content (AvgIpc) is 3.22. The molecule has 0 N–H and O–H groups in total. The molecule has 0 aromatic heterocycles. The third-order valence-electron chi connectivity index (χ3n) is 10.9. The second-order valence-electron chi connectivity index (χ2n) is 18.2. The van der Waals surface area contributed by atoms with E-state index in [-0.39, 0.29) is 26.2 Å². The minimum atomic E-state index is -4.54. The van der Waals surface area contributed by atoms with Crippen molar-refractivity contribution >= 4 is 13.8 Å².